The first-order valence-corrected chi connectivity index (χ1v) is 10.1. The van der Waals surface area contributed by atoms with Crippen LogP contribution >= 0.6 is 0 Å². The van der Waals surface area contributed by atoms with Gasteiger partial charge in [-0.1, -0.05) is 0 Å². The van der Waals surface area contributed by atoms with Crippen LogP contribution in [0.1, 0.15) is 11.1 Å². The molecule has 122 valence electrons. The second kappa shape index (κ2) is 5.52. The van der Waals surface area contributed by atoms with Gasteiger partial charge in [0.05, 0.1) is 0 Å². The first-order chi connectivity index (χ1) is 12.2. The van der Waals surface area contributed by atoms with Crippen LogP contribution < -0.4 is 13.8 Å². The van der Waals surface area contributed by atoms with Crippen molar-refractivity contribution in [2.45, 2.75) is 13.8 Å². The zero-order chi connectivity index (χ0) is 17.0. The van der Waals surface area contributed by atoms with Crippen molar-refractivity contribution in [1.82, 2.24) is 0 Å². The number of hydrogen-bond donors (Lipinski definition) is 0. The molecule has 0 bridgehead atoms. The SMILES string of the molecule is Cc1ccc2oc3c(c2c1)[Se]c1ccccc1N3c1ccccc1C. The number of anilines is 3. The quantitative estimate of drug-likeness (QED) is 0.392. The molecule has 3 heteroatoms. The van der Waals surface area contributed by atoms with Gasteiger partial charge < -0.3 is 0 Å². The van der Waals surface area contributed by atoms with Crippen LogP contribution in [0.25, 0.3) is 11.0 Å². The molecule has 0 amide bonds. The summed E-state index contributed by atoms with van der Waals surface area (Å²) >= 11 is 0.240. The molecule has 1 aromatic heterocycles. The van der Waals surface area contributed by atoms with E-state index in [1.165, 1.54) is 36.8 Å². The van der Waals surface area contributed by atoms with Gasteiger partial charge in [-0.3, -0.25) is 0 Å². The molecule has 0 saturated carbocycles. The van der Waals surface area contributed by atoms with E-state index in [4.69, 9.17) is 4.42 Å². The van der Waals surface area contributed by atoms with Gasteiger partial charge in [0.2, 0.25) is 0 Å². The molecule has 0 saturated heterocycles. The summed E-state index contributed by atoms with van der Waals surface area (Å²) in [5.41, 5.74) is 5.91. The molecular formula is C22H17NOSe. The summed E-state index contributed by atoms with van der Waals surface area (Å²) in [6.07, 6.45) is 0. The Bertz CT molecular complexity index is 1100. The molecule has 1 aliphatic heterocycles. The summed E-state index contributed by atoms with van der Waals surface area (Å²) in [7, 11) is 0. The predicted octanol–water partition coefficient (Wildman–Crippen LogP) is 4.49. The van der Waals surface area contributed by atoms with Gasteiger partial charge in [-0.25, -0.2) is 0 Å². The Balaban J connectivity index is 1.85. The second-order valence-electron chi connectivity index (χ2n) is 6.43. The third-order valence-corrected chi connectivity index (χ3v) is 7.10. The van der Waals surface area contributed by atoms with Crippen molar-refractivity contribution in [2.24, 2.45) is 0 Å². The standard InChI is InChI=1S/C22H17NOSe/c1-14-11-12-19-16(13-14)21-22(24-19)23(17-8-4-3-7-15(17)2)18-9-5-6-10-20(18)25-21/h3-13H,1-2H3. The van der Waals surface area contributed by atoms with Crippen LogP contribution in [0.5, 0.6) is 0 Å². The fraction of sp³-hybridized carbons (Fsp3) is 0.0909. The molecule has 3 aromatic carbocycles. The zero-order valence-electron chi connectivity index (χ0n) is 14.1. The number of nitrogens with zero attached hydrogens (tertiary/aromatic N) is 1. The molecule has 2 nitrogen and oxygen atoms in total. The van der Waals surface area contributed by atoms with E-state index in [0.29, 0.717) is 0 Å². The monoisotopic (exact) mass is 391 g/mol. The third-order valence-electron chi connectivity index (χ3n) is 4.66. The number of benzene rings is 3. The van der Waals surface area contributed by atoms with Crippen LogP contribution in [0, 0.1) is 13.8 Å². The Hall–Kier alpha value is -2.48. The first kappa shape index (κ1) is 14.8. The molecule has 0 unspecified atom stereocenters. The molecule has 2 heterocycles. The Morgan fingerprint density at radius 2 is 1.60 bits per heavy atom. The van der Waals surface area contributed by atoms with E-state index in [9.17, 15) is 0 Å². The van der Waals surface area contributed by atoms with Crippen molar-refractivity contribution in [3.63, 3.8) is 0 Å². The molecule has 0 radical (unpaired) electrons. The van der Waals surface area contributed by atoms with Crippen molar-refractivity contribution < 1.29 is 4.42 Å². The summed E-state index contributed by atoms with van der Waals surface area (Å²) in [5, 5.41) is 1.25. The molecule has 4 aromatic rings. The van der Waals surface area contributed by atoms with Crippen molar-refractivity contribution >= 4 is 52.1 Å². The Morgan fingerprint density at radius 1 is 0.840 bits per heavy atom. The van der Waals surface area contributed by atoms with E-state index in [1.54, 1.807) is 0 Å². The fourth-order valence-corrected chi connectivity index (χ4v) is 5.77. The number of furan rings is 1. The number of fused-ring (bicyclic) bond motifs is 4. The third kappa shape index (κ3) is 2.24. The van der Waals surface area contributed by atoms with E-state index in [1.807, 2.05) is 0 Å². The summed E-state index contributed by atoms with van der Waals surface area (Å²) in [6.45, 7) is 4.30. The van der Waals surface area contributed by atoms with Crippen molar-refractivity contribution in [3.05, 3.63) is 77.9 Å². The van der Waals surface area contributed by atoms with Gasteiger partial charge in [-0.2, -0.15) is 0 Å². The van der Waals surface area contributed by atoms with Crippen molar-refractivity contribution in [1.29, 1.82) is 0 Å². The van der Waals surface area contributed by atoms with E-state index in [0.717, 1.165) is 11.5 Å². The summed E-state index contributed by atoms with van der Waals surface area (Å²) in [5.74, 6) is 0.980. The maximum atomic E-state index is 6.37. The second-order valence-corrected chi connectivity index (χ2v) is 8.64. The van der Waals surface area contributed by atoms with E-state index in [-0.39, 0.29) is 15.0 Å². The fourth-order valence-electron chi connectivity index (χ4n) is 3.42. The zero-order valence-corrected chi connectivity index (χ0v) is 15.8. The van der Waals surface area contributed by atoms with Crippen LogP contribution in [0.15, 0.2) is 71.1 Å². The van der Waals surface area contributed by atoms with Crippen molar-refractivity contribution in [2.75, 3.05) is 4.90 Å². The molecule has 0 spiro atoms. The van der Waals surface area contributed by atoms with Crippen LogP contribution in [-0.4, -0.2) is 15.0 Å². The van der Waals surface area contributed by atoms with Gasteiger partial charge >= 0.3 is 153 Å². The summed E-state index contributed by atoms with van der Waals surface area (Å²) in [6, 6.07) is 23.7. The van der Waals surface area contributed by atoms with Crippen molar-refractivity contribution in [3.8, 4) is 0 Å². The Kier molecular flexibility index (Phi) is 3.27. The number of aryl methyl sites for hydroxylation is 2. The van der Waals surface area contributed by atoms with Gasteiger partial charge in [-0.05, 0) is 0 Å². The van der Waals surface area contributed by atoms with Gasteiger partial charge in [0.1, 0.15) is 0 Å². The molecule has 0 N–H and O–H groups in total. The van der Waals surface area contributed by atoms with Gasteiger partial charge in [0, 0.05) is 0 Å². The Morgan fingerprint density at radius 3 is 2.44 bits per heavy atom. The van der Waals surface area contributed by atoms with Gasteiger partial charge in [0.25, 0.3) is 0 Å². The van der Waals surface area contributed by atoms with E-state index >= 15 is 0 Å². The van der Waals surface area contributed by atoms with Crippen LogP contribution in [0.4, 0.5) is 17.3 Å². The van der Waals surface area contributed by atoms with Gasteiger partial charge in [0.15, 0.2) is 0 Å². The minimum absolute atomic E-state index is 0.240. The molecule has 1 aliphatic rings. The number of rotatable bonds is 1. The average Bonchev–Trinajstić information content (AvgIpc) is 2.98. The topological polar surface area (TPSA) is 16.4 Å². The normalized spacial score (nSPS) is 13.0. The Labute approximate surface area is 153 Å². The number of hydrogen-bond acceptors (Lipinski definition) is 2. The molecule has 25 heavy (non-hydrogen) atoms. The molecule has 5 rings (SSSR count). The molecule has 0 atom stereocenters. The molecular weight excluding hydrogens is 373 g/mol. The predicted molar refractivity (Wildman–Crippen MR) is 105 cm³/mol. The summed E-state index contributed by atoms with van der Waals surface area (Å²) < 4.78 is 9.10. The summed E-state index contributed by atoms with van der Waals surface area (Å²) in [4.78, 5) is 2.29. The number of para-hydroxylation sites is 2. The molecule has 0 aliphatic carbocycles. The minimum atomic E-state index is 0.240. The molecule has 0 fully saturated rings. The maximum absolute atomic E-state index is 6.37. The average molecular weight is 390 g/mol. The van der Waals surface area contributed by atoms with Crippen LogP contribution in [-0.2, 0) is 0 Å². The van der Waals surface area contributed by atoms with Crippen LogP contribution in [0.3, 0.4) is 0 Å². The van der Waals surface area contributed by atoms with E-state index in [2.05, 4.69) is 85.5 Å². The van der Waals surface area contributed by atoms with E-state index < -0.39 is 0 Å². The van der Waals surface area contributed by atoms with Gasteiger partial charge in [-0.15, -0.1) is 0 Å². The first-order valence-electron chi connectivity index (χ1n) is 8.38. The van der Waals surface area contributed by atoms with Crippen LogP contribution in [0.2, 0.25) is 0 Å².